The summed E-state index contributed by atoms with van der Waals surface area (Å²) in [6.07, 6.45) is 6.44. The van der Waals surface area contributed by atoms with Gasteiger partial charge in [0, 0.05) is 30.7 Å². The van der Waals surface area contributed by atoms with E-state index in [-0.39, 0.29) is 0 Å². The lowest BCUT2D eigenvalue weighted by Crippen LogP contribution is -2.65. The van der Waals surface area contributed by atoms with Crippen LogP contribution in [0, 0.1) is 0 Å². The van der Waals surface area contributed by atoms with Crippen LogP contribution in [0.15, 0.2) is 0 Å². The average molecular weight is 240 g/mol. The minimum Gasteiger partial charge on any atom is -0.308 e. The second-order valence-corrected chi connectivity index (χ2v) is 5.74. The summed E-state index contributed by atoms with van der Waals surface area (Å²) in [7, 11) is 0. The summed E-state index contributed by atoms with van der Waals surface area (Å²) in [6.45, 7) is 14.1. The molecule has 17 heavy (non-hydrogen) atoms. The van der Waals surface area contributed by atoms with Gasteiger partial charge in [0.15, 0.2) is 0 Å². The van der Waals surface area contributed by atoms with Crippen LogP contribution < -0.4 is 5.32 Å². The Balaban J connectivity index is 2.73. The van der Waals surface area contributed by atoms with Gasteiger partial charge in [-0.3, -0.25) is 4.90 Å². The van der Waals surface area contributed by atoms with Crippen molar-refractivity contribution in [3.63, 3.8) is 0 Å². The molecule has 0 amide bonds. The highest BCUT2D eigenvalue weighted by molar-refractivity contribution is 4.97. The summed E-state index contributed by atoms with van der Waals surface area (Å²) in [5.74, 6) is 0. The number of rotatable bonds is 6. The first-order valence-electron chi connectivity index (χ1n) is 7.63. The molecule has 1 N–H and O–H groups in total. The van der Waals surface area contributed by atoms with Crippen molar-refractivity contribution in [2.75, 3.05) is 13.1 Å². The van der Waals surface area contributed by atoms with Gasteiger partial charge in [-0.1, -0.05) is 34.1 Å². The number of hydrogen-bond donors (Lipinski definition) is 1. The van der Waals surface area contributed by atoms with Gasteiger partial charge in [0.1, 0.15) is 0 Å². The Morgan fingerprint density at radius 3 is 2.35 bits per heavy atom. The molecule has 102 valence electrons. The Labute approximate surface area is 108 Å². The molecule has 1 fully saturated rings. The van der Waals surface area contributed by atoms with Crippen molar-refractivity contribution in [1.29, 1.82) is 0 Å². The first-order chi connectivity index (χ1) is 8.12. The minimum atomic E-state index is 0.369. The molecule has 0 aromatic carbocycles. The fourth-order valence-electron chi connectivity index (χ4n) is 3.19. The summed E-state index contributed by atoms with van der Waals surface area (Å²) in [5.41, 5.74) is 0.369. The highest BCUT2D eigenvalue weighted by Crippen LogP contribution is 2.26. The van der Waals surface area contributed by atoms with Crippen LogP contribution in [0.25, 0.3) is 0 Å². The fourth-order valence-corrected chi connectivity index (χ4v) is 3.19. The molecule has 0 aromatic rings. The molecule has 0 radical (unpaired) electrons. The molecule has 2 atom stereocenters. The van der Waals surface area contributed by atoms with E-state index in [1.807, 2.05) is 0 Å². The van der Waals surface area contributed by atoms with Gasteiger partial charge in [-0.25, -0.2) is 0 Å². The third kappa shape index (κ3) is 3.45. The molecular weight excluding hydrogens is 208 g/mol. The van der Waals surface area contributed by atoms with Crippen molar-refractivity contribution < 1.29 is 0 Å². The molecule has 2 nitrogen and oxygen atoms in total. The molecule has 0 saturated carbocycles. The third-order valence-corrected chi connectivity index (χ3v) is 4.74. The van der Waals surface area contributed by atoms with E-state index >= 15 is 0 Å². The van der Waals surface area contributed by atoms with Gasteiger partial charge >= 0.3 is 0 Å². The summed E-state index contributed by atoms with van der Waals surface area (Å²) in [4.78, 5) is 2.77. The molecule has 2 unspecified atom stereocenters. The van der Waals surface area contributed by atoms with Gasteiger partial charge in [-0.05, 0) is 32.6 Å². The van der Waals surface area contributed by atoms with E-state index in [4.69, 9.17) is 0 Å². The first kappa shape index (κ1) is 15.0. The molecule has 0 bridgehead atoms. The Morgan fingerprint density at radius 1 is 1.24 bits per heavy atom. The van der Waals surface area contributed by atoms with Crippen LogP contribution in [0.3, 0.4) is 0 Å². The first-order valence-corrected chi connectivity index (χ1v) is 7.63. The number of hydrogen-bond acceptors (Lipinski definition) is 2. The zero-order chi connectivity index (χ0) is 12.9. The van der Waals surface area contributed by atoms with Gasteiger partial charge in [0.05, 0.1) is 0 Å². The van der Waals surface area contributed by atoms with Crippen LogP contribution >= 0.6 is 0 Å². The maximum Gasteiger partial charge on any atom is 0.0304 e. The van der Waals surface area contributed by atoms with Crippen LogP contribution in [0.1, 0.15) is 66.7 Å². The molecule has 0 spiro atoms. The van der Waals surface area contributed by atoms with Crippen molar-refractivity contribution in [1.82, 2.24) is 10.2 Å². The topological polar surface area (TPSA) is 15.3 Å². The quantitative estimate of drug-likeness (QED) is 0.765. The zero-order valence-electron chi connectivity index (χ0n) is 12.6. The van der Waals surface area contributed by atoms with Crippen LogP contribution in [0.2, 0.25) is 0 Å². The second-order valence-electron chi connectivity index (χ2n) is 5.74. The highest BCUT2D eigenvalue weighted by Gasteiger charge is 2.37. The molecule has 0 aliphatic carbocycles. The molecule has 0 aromatic heterocycles. The molecular formula is C15H32N2. The van der Waals surface area contributed by atoms with E-state index in [0.717, 1.165) is 12.6 Å². The molecule has 1 aliphatic heterocycles. The van der Waals surface area contributed by atoms with Crippen molar-refractivity contribution in [2.24, 2.45) is 0 Å². The Bertz CT molecular complexity index is 211. The van der Waals surface area contributed by atoms with Crippen LogP contribution in [0.5, 0.6) is 0 Å². The summed E-state index contributed by atoms with van der Waals surface area (Å²) >= 11 is 0. The summed E-state index contributed by atoms with van der Waals surface area (Å²) in [6, 6.07) is 1.48. The predicted octanol–water partition coefficient (Wildman–Crippen LogP) is 3.42. The van der Waals surface area contributed by atoms with E-state index < -0.39 is 0 Å². The van der Waals surface area contributed by atoms with E-state index in [1.54, 1.807) is 0 Å². The average Bonchev–Trinajstić information content (AvgIpc) is 2.37. The van der Waals surface area contributed by atoms with Crippen molar-refractivity contribution in [2.45, 2.75) is 84.3 Å². The van der Waals surface area contributed by atoms with Gasteiger partial charge < -0.3 is 5.32 Å². The van der Waals surface area contributed by atoms with Crippen molar-refractivity contribution in [3.05, 3.63) is 0 Å². The van der Waals surface area contributed by atoms with Crippen molar-refractivity contribution in [3.8, 4) is 0 Å². The number of piperazine rings is 1. The lowest BCUT2D eigenvalue weighted by atomic mass is 9.87. The lowest BCUT2D eigenvalue weighted by Gasteiger charge is -2.49. The zero-order valence-corrected chi connectivity index (χ0v) is 12.6. The largest absolute Gasteiger partial charge is 0.308 e. The fraction of sp³-hybridized carbons (Fsp3) is 1.00. The standard InChI is InChI=1S/C15H32N2/c1-6-10-14(7-2)17-12-15(8-3,9-4)16-11-13(17)5/h13-14,16H,6-12H2,1-5H3. The van der Waals surface area contributed by atoms with Gasteiger partial charge in [0.25, 0.3) is 0 Å². The van der Waals surface area contributed by atoms with Crippen LogP contribution in [-0.2, 0) is 0 Å². The van der Waals surface area contributed by atoms with Crippen LogP contribution in [0.4, 0.5) is 0 Å². The number of nitrogens with one attached hydrogen (secondary N) is 1. The number of nitrogens with zero attached hydrogens (tertiary/aromatic N) is 1. The van der Waals surface area contributed by atoms with E-state index in [1.165, 1.54) is 38.6 Å². The smallest absolute Gasteiger partial charge is 0.0304 e. The minimum absolute atomic E-state index is 0.369. The Morgan fingerprint density at radius 2 is 1.88 bits per heavy atom. The highest BCUT2D eigenvalue weighted by atomic mass is 15.3. The van der Waals surface area contributed by atoms with E-state index in [2.05, 4.69) is 44.8 Å². The lowest BCUT2D eigenvalue weighted by molar-refractivity contribution is 0.0390. The molecule has 1 rings (SSSR count). The van der Waals surface area contributed by atoms with Gasteiger partial charge in [-0.15, -0.1) is 0 Å². The molecule has 1 heterocycles. The van der Waals surface area contributed by atoms with E-state index in [0.29, 0.717) is 11.6 Å². The van der Waals surface area contributed by atoms with Gasteiger partial charge in [0.2, 0.25) is 0 Å². The maximum absolute atomic E-state index is 3.79. The predicted molar refractivity (Wildman–Crippen MR) is 76.5 cm³/mol. The summed E-state index contributed by atoms with van der Waals surface area (Å²) < 4.78 is 0. The normalized spacial score (nSPS) is 27.0. The molecule has 1 saturated heterocycles. The Kier molecular flexibility index (Phi) is 5.94. The van der Waals surface area contributed by atoms with Crippen molar-refractivity contribution >= 4 is 0 Å². The SMILES string of the molecule is CCCC(CC)N1CC(CC)(CC)NCC1C. The Hall–Kier alpha value is -0.0800. The van der Waals surface area contributed by atoms with Gasteiger partial charge in [-0.2, -0.15) is 0 Å². The maximum atomic E-state index is 3.79. The third-order valence-electron chi connectivity index (χ3n) is 4.74. The monoisotopic (exact) mass is 240 g/mol. The molecule has 2 heteroatoms. The second kappa shape index (κ2) is 6.75. The van der Waals surface area contributed by atoms with E-state index in [9.17, 15) is 0 Å². The molecule has 1 aliphatic rings. The van der Waals surface area contributed by atoms with Crippen LogP contribution in [-0.4, -0.2) is 35.6 Å². The summed E-state index contributed by atoms with van der Waals surface area (Å²) in [5, 5.41) is 3.79.